The second kappa shape index (κ2) is 5.83. The van der Waals surface area contributed by atoms with E-state index in [1.807, 2.05) is 0 Å². The van der Waals surface area contributed by atoms with Crippen LogP contribution in [0.2, 0.25) is 0 Å². The molecule has 0 saturated heterocycles. The number of rotatable bonds is 2. The van der Waals surface area contributed by atoms with Gasteiger partial charge in [-0.1, -0.05) is 12.1 Å². The monoisotopic (exact) mass is 403 g/mol. The SMILES string of the molecule is Cc1cc2ncnc(N(C)c3cccc(C)c3I)c2cc1C. The Morgan fingerprint density at radius 2 is 1.68 bits per heavy atom. The molecule has 0 aliphatic rings. The number of hydrogen-bond acceptors (Lipinski definition) is 3. The fraction of sp³-hybridized carbons (Fsp3) is 0.222. The molecule has 1 heterocycles. The van der Waals surface area contributed by atoms with Gasteiger partial charge in [0.05, 0.1) is 11.2 Å². The Morgan fingerprint density at radius 1 is 0.955 bits per heavy atom. The molecule has 22 heavy (non-hydrogen) atoms. The first-order chi connectivity index (χ1) is 10.5. The molecule has 0 bridgehead atoms. The Kier molecular flexibility index (Phi) is 4.04. The van der Waals surface area contributed by atoms with Crippen molar-refractivity contribution in [2.24, 2.45) is 0 Å². The minimum absolute atomic E-state index is 0.941. The summed E-state index contributed by atoms with van der Waals surface area (Å²) in [6.45, 7) is 6.37. The molecule has 3 rings (SSSR count). The average molecular weight is 403 g/mol. The molecule has 1 aromatic heterocycles. The Hall–Kier alpha value is -1.69. The predicted molar refractivity (Wildman–Crippen MR) is 101 cm³/mol. The summed E-state index contributed by atoms with van der Waals surface area (Å²) in [5.74, 6) is 0.941. The van der Waals surface area contributed by atoms with E-state index in [2.05, 4.69) is 95.6 Å². The van der Waals surface area contributed by atoms with E-state index in [-0.39, 0.29) is 0 Å². The number of anilines is 2. The van der Waals surface area contributed by atoms with E-state index in [0.717, 1.165) is 16.7 Å². The molecule has 0 aliphatic heterocycles. The summed E-state index contributed by atoms with van der Waals surface area (Å²) < 4.78 is 1.25. The molecule has 0 unspecified atom stereocenters. The number of nitrogens with zero attached hydrogens (tertiary/aromatic N) is 3. The van der Waals surface area contributed by atoms with Crippen molar-refractivity contribution in [2.75, 3.05) is 11.9 Å². The third-order valence-electron chi connectivity index (χ3n) is 4.08. The summed E-state index contributed by atoms with van der Waals surface area (Å²) in [6, 6.07) is 10.7. The van der Waals surface area contributed by atoms with Gasteiger partial charge in [-0.05, 0) is 78.3 Å². The van der Waals surface area contributed by atoms with Gasteiger partial charge in [-0.2, -0.15) is 0 Å². The van der Waals surface area contributed by atoms with Crippen LogP contribution in [0.5, 0.6) is 0 Å². The molecular weight excluding hydrogens is 385 g/mol. The van der Waals surface area contributed by atoms with Gasteiger partial charge < -0.3 is 4.90 Å². The van der Waals surface area contributed by atoms with Gasteiger partial charge in [-0.25, -0.2) is 9.97 Å². The van der Waals surface area contributed by atoms with E-state index in [1.54, 1.807) is 6.33 Å². The van der Waals surface area contributed by atoms with Crippen LogP contribution in [0.1, 0.15) is 16.7 Å². The van der Waals surface area contributed by atoms with Gasteiger partial charge in [-0.15, -0.1) is 0 Å². The molecule has 0 radical (unpaired) electrons. The van der Waals surface area contributed by atoms with E-state index in [4.69, 9.17) is 0 Å². The lowest BCUT2D eigenvalue weighted by molar-refractivity contribution is 1.10. The second-order valence-corrected chi connectivity index (χ2v) is 6.70. The highest BCUT2D eigenvalue weighted by molar-refractivity contribution is 14.1. The first kappa shape index (κ1) is 15.2. The molecule has 3 aromatic rings. The lowest BCUT2D eigenvalue weighted by atomic mass is 10.1. The maximum atomic E-state index is 4.54. The number of halogens is 1. The van der Waals surface area contributed by atoms with E-state index in [0.29, 0.717) is 0 Å². The largest absolute Gasteiger partial charge is 0.328 e. The number of fused-ring (bicyclic) bond motifs is 1. The van der Waals surface area contributed by atoms with Crippen molar-refractivity contribution in [1.82, 2.24) is 9.97 Å². The second-order valence-electron chi connectivity index (χ2n) is 5.62. The van der Waals surface area contributed by atoms with Crippen LogP contribution >= 0.6 is 22.6 Å². The summed E-state index contributed by atoms with van der Waals surface area (Å²) in [5, 5.41) is 1.09. The molecule has 0 amide bonds. The first-order valence-corrected chi connectivity index (χ1v) is 8.27. The topological polar surface area (TPSA) is 29.0 Å². The third-order valence-corrected chi connectivity index (χ3v) is 5.48. The zero-order valence-corrected chi connectivity index (χ0v) is 15.3. The van der Waals surface area contributed by atoms with Crippen LogP contribution in [-0.4, -0.2) is 17.0 Å². The van der Waals surface area contributed by atoms with Crippen LogP contribution in [0.25, 0.3) is 10.9 Å². The summed E-state index contributed by atoms with van der Waals surface area (Å²) >= 11 is 2.40. The number of hydrogen-bond donors (Lipinski definition) is 0. The van der Waals surface area contributed by atoms with Gasteiger partial charge in [0.2, 0.25) is 0 Å². The molecule has 0 aliphatic carbocycles. The van der Waals surface area contributed by atoms with E-state index >= 15 is 0 Å². The van der Waals surface area contributed by atoms with Crippen LogP contribution in [0.3, 0.4) is 0 Å². The van der Waals surface area contributed by atoms with Crippen LogP contribution in [-0.2, 0) is 0 Å². The fourth-order valence-electron chi connectivity index (χ4n) is 2.57. The zero-order valence-electron chi connectivity index (χ0n) is 13.2. The number of aryl methyl sites for hydroxylation is 3. The van der Waals surface area contributed by atoms with Crippen LogP contribution in [0, 0.1) is 24.3 Å². The summed E-state index contributed by atoms with van der Waals surface area (Å²) in [7, 11) is 2.06. The Bertz CT molecular complexity index is 858. The van der Waals surface area contributed by atoms with Gasteiger partial charge in [0.1, 0.15) is 12.1 Å². The van der Waals surface area contributed by atoms with Gasteiger partial charge in [0.15, 0.2) is 0 Å². The highest BCUT2D eigenvalue weighted by Gasteiger charge is 2.14. The van der Waals surface area contributed by atoms with E-state index < -0.39 is 0 Å². The van der Waals surface area contributed by atoms with E-state index in [1.165, 1.54) is 25.9 Å². The van der Waals surface area contributed by atoms with Crippen molar-refractivity contribution in [3.63, 3.8) is 0 Å². The predicted octanol–water partition coefficient (Wildman–Crippen LogP) is 4.93. The van der Waals surface area contributed by atoms with E-state index in [9.17, 15) is 0 Å². The van der Waals surface area contributed by atoms with Gasteiger partial charge >= 0.3 is 0 Å². The summed E-state index contributed by atoms with van der Waals surface area (Å²) in [6.07, 6.45) is 1.64. The van der Waals surface area contributed by atoms with Crippen molar-refractivity contribution >= 4 is 45.0 Å². The molecule has 0 atom stereocenters. The molecular formula is C18H18IN3. The molecule has 0 spiro atoms. The standard InChI is InChI=1S/C18H18IN3/c1-11-6-5-7-16(17(11)19)22(4)18-14-8-12(2)13(3)9-15(14)20-10-21-18/h5-10H,1-4H3. The lowest BCUT2D eigenvalue weighted by Gasteiger charge is -2.22. The van der Waals surface area contributed by atoms with Crippen LogP contribution in [0.15, 0.2) is 36.7 Å². The molecule has 0 N–H and O–H groups in total. The highest BCUT2D eigenvalue weighted by atomic mass is 127. The van der Waals surface area contributed by atoms with Crippen molar-refractivity contribution in [2.45, 2.75) is 20.8 Å². The smallest absolute Gasteiger partial charge is 0.144 e. The third kappa shape index (κ3) is 2.56. The summed E-state index contributed by atoms with van der Waals surface area (Å²) in [4.78, 5) is 11.1. The molecule has 112 valence electrons. The molecule has 0 saturated carbocycles. The minimum Gasteiger partial charge on any atom is -0.328 e. The maximum Gasteiger partial charge on any atom is 0.144 e. The van der Waals surface area contributed by atoms with Crippen molar-refractivity contribution in [1.29, 1.82) is 0 Å². The summed E-state index contributed by atoms with van der Waals surface area (Å²) in [5.41, 5.74) is 5.94. The normalized spacial score (nSPS) is 11.0. The maximum absolute atomic E-state index is 4.54. The molecule has 3 nitrogen and oxygen atoms in total. The minimum atomic E-state index is 0.941. The highest BCUT2D eigenvalue weighted by Crippen LogP contribution is 2.33. The molecule has 2 aromatic carbocycles. The Balaban J connectivity index is 2.21. The van der Waals surface area contributed by atoms with Crippen molar-refractivity contribution in [3.05, 3.63) is 56.9 Å². The molecule has 0 fully saturated rings. The quantitative estimate of drug-likeness (QED) is 0.569. The van der Waals surface area contributed by atoms with Crippen LogP contribution in [0.4, 0.5) is 11.5 Å². The van der Waals surface area contributed by atoms with Crippen molar-refractivity contribution < 1.29 is 0 Å². The number of benzene rings is 2. The lowest BCUT2D eigenvalue weighted by Crippen LogP contribution is -2.14. The Labute approximate surface area is 144 Å². The van der Waals surface area contributed by atoms with Crippen molar-refractivity contribution in [3.8, 4) is 0 Å². The average Bonchev–Trinajstić information content (AvgIpc) is 2.50. The zero-order chi connectivity index (χ0) is 15.9. The first-order valence-electron chi connectivity index (χ1n) is 7.20. The fourth-order valence-corrected chi connectivity index (χ4v) is 3.30. The number of aromatic nitrogens is 2. The van der Waals surface area contributed by atoms with Gasteiger partial charge in [0.25, 0.3) is 0 Å². The van der Waals surface area contributed by atoms with Gasteiger partial charge in [-0.3, -0.25) is 0 Å². The van der Waals surface area contributed by atoms with Crippen LogP contribution < -0.4 is 4.90 Å². The van der Waals surface area contributed by atoms with Gasteiger partial charge in [0, 0.05) is 16.0 Å². The Morgan fingerprint density at radius 3 is 2.45 bits per heavy atom. The molecule has 4 heteroatoms.